The number of carbonyl (C=O) groups is 2. The zero-order valence-corrected chi connectivity index (χ0v) is 16.0. The molecule has 5 nitrogen and oxygen atoms in total. The number of aliphatic carboxylic acids is 1. The highest BCUT2D eigenvalue weighted by molar-refractivity contribution is 6.31. The van der Waals surface area contributed by atoms with Crippen molar-refractivity contribution in [2.24, 2.45) is 23.7 Å². The molecule has 0 unspecified atom stereocenters. The normalized spacial score (nSPS) is 30.5. The molecule has 1 heterocycles. The van der Waals surface area contributed by atoms with E-state index in [2.05, 4.69) is 11.0 Å². The van der Waals surface area contributed by atoms with Gasteiger partial charge in [0.05, 0.1) is 11.8 Å². The van der Waals surface area contributed by atoms with Crippen LogP contribution in [-0.4, -0.2) is 53.0 Å². The molecule has 1 aliphatic heterocycles. The van der Waals surface area contributed by atoms with E-state index in [1.807, 2.05) is 35.2 Å². The van der Waals surface area contributed by atoms with Crippen LogP contribution in [0.25, 0.3) is 0 Å². The highest BCUT2D eigenvalue weighted by Gasteiger charge is 2.49. The summed E-state index contributed by atoms with van der Waals surface area (Å²) < 4.78 is 0. The van der Waals surface area contributed by atoms with Gasteiger partial charge in [-0.2, -0.15) is 0 Å². The zero-order valence-electron chi connectivity index (χ0n) is 15.3. The Morgan fingerprint density at radius 1 is 1.00 bits per heavy atom. The van der Waals surface area contributed by atoms with E-state index in [0.717, 1.165) is 43.1 Å². The molecule has 1 aromatic carbocycles. The number of hydrogen-bond acceptors (Lipinski definition) is 3. The second-order valence-corrected chi connectivity index (χ2v) is 8.28. The van der Waals surface area contributed by atoms with Crippen molar-refractivity contribution in [3.8, 4) is 0 Å². The molecule has 3 aliphatic carbocycles. The Balaban J connectivity index is 1.39. The lowest BCUT2D eigenvalue weighted by Gasteiger charge is -2.45. The molecule has 6 heteroatoms. The fourth-order valence-corrected chi connectivity index (χ4v) is 5.07. The summed E-state index contributed by atoms with van der Waals surface area (Å²) in [5.41, 5.74) is 1.10. The van der Waals surface area contributed by atoms with E-state index < -0.39 is 17.8 Å². The summed E-state index contributed by atoms with van der Waals surface area (Å²) in [5.74, 6) is -1.69. The van der Waals surface area contributed by atoms with Gasteiger partial charge in [-0.25, -0.2) is 0 Å². The lowest BCUT2D eigenvalue weighted by Crippen LogP contribution is -2.55. The van der Waals surface area contributed by atoms with Crippen molar-refractivity contribution in [2.45, 2.75) is 19.4 Å². The van der Waals surface area contributed by atoms with Crippen LogP contribution in [0.4, 0.5) is 0 Å². The SMILES string of the molecule is O=C(O)[C@H]1[C@@H](C(=O)N2CCN(Cc3ccccc3Cl)CC2)[C@H]2C=C[C@@H]1CC2. The quantitative estimate of drug-likeness (QED) is 0.806. The van der Waals surface area contributed by atoms with Crippen LogP contribution < -0.4 is 0 Å². The molecule has 0 spiro atoms. The van der Waals surface area contributed by atoms with Gasteiger partial charge in [-0.15, -0.1) is 0 Å². The number of allylic oxidation sites excluding steroid dienone is 2. The first-order valence-electron chi connectivity index (χ1n) is 9.70. The minimum atomic E-state index is -0.829. The van der Waals surface area contributed by atoms with Crippen molar-refractivity contribution in [1.29, 1.82) is 0 Å². The van der Waals surface area contributed by atoms with Crippen molar-refractivity contribution in [1.82, 2.24) is 9.80 Å². The standard InChI is InChI=1S/C21H25ClN2O3/c22-17-4-2-1-3-16(17)13-23-9-11-24(12-10-23)20(25)18-14-5-7-15(8-6-14)19(18)21(26)27/h1-5,7,14-15,18-19H,6,8-13H2,(H,26,27)/t14-,15+,18-,19+/m0/s1. The van der Waals surface area contributed by atoms with Crippen LogP contribution >= 0.6 is 11.6 Å². The molecule has 1 saturated carbocycles. The molecule has 1 amide bonds. The third-order valence-corrected chi connectivity index (χ3v) is 6.72. The second kappa shape index (κ2) is 7.64. The van der Waals surface area contributed by atoms with Gasteiger partial charge in [0.2, 0.25) is 5.91 Å². The Morgan fingerprint density at radius 2 is 1.63 bits per heavy atom. The van der Waals surface area contributed by atoms with Crippen LogP contribution in [0.1, 0.15) is 18.4 Å². The fraction of sp³-hybridized carbons (Fsp3) is 0.524. The van der Waals surface area contributed by atoms with Gasteiger partial charge in [0.25, 0.3) is 0 Å². The summed E-state index contributed by atoms with van der Waals surface area (Å²) in [6.45, 7) is 3.63. The van der Waals surface area contributed by atoms with Crippen LogP contribution in [-0.2, 0) is 16.1 Å². The first kappa shape index (κ1) is 18.5. The van der Waals surface area contributed by atoms with Gasteiger partial charge in [-0.05, 0) is 36.3 Å². The average molecular weight is 389 g/mol. The van der Waals surface area contributed by atoms with Crippen molar-refractivity contribution in [2.75, 3.05) is 26.2 Å². The first-order valence-corrected chi connectivity index (χ1v) is 10.1. The molecule has 2 bridgehead atoms. The Hall–Kier alpha value is -1.85. The van der Waals surface area contributed by atoms with Crippen molar-refractivity contribution < 1.29 is 14.7 Å². The monoisotopic (exact) mass is 388 g/mol. The molecule has 0 radical (unpaired) electrons. The Kier molecular flexibility index (Phi) is 5.24. The van der Waals surface area contributed by atoms with E-state index in [1.165, 1.54) is 0 Å². The average Bonchev–Trinajstić information content (AvgIpc) is 2.70. The number of amides is 1. The van der Waals surface area contributed by atoms with Gasteiger partial charge in [-0.1, -0.05) is 42.0 Å². The zero-order chi connectivity index (χ0) is 19.0. The highest BCUT2D eigenvalue weighted by atomic mass is 35.5. The molecule has 27 heavy (non-hydrogen) atoms. The highest BCUT2D eigenvalue weighted by Crippen LogP contribution is 2.45. The summed E-state index contributed by atoms with van der Waals surface area (Å²) >= 11 is 6.25. The van der Waals surface area contributed by atoms with Crippen LogP contribution in [0.15, 0.2) is 36.4 Å². The largest absolute Gasteiger partial charge is 0.481 e. The van der Waals surface area contributed by atoms with Crippen LogP contribution in [0.5, 0.6) is 0 Å². The predicted molar refractivity (Wildman–Crippen MR) is 103 cm³/mol. The number of fused-ring (bicyclic) bond motifs is 2. The van der Waals surface area contributed by atoms with E-state index in [4.69, 9.17) is 11.6 Å². The number of nitrogens with zero attached hydrogens (tertiary/aromatic N) is 2. The summed E-state index contributed by atoms with van der Waals surface area (Å²) in [6, 6.07) is 7.84. The van der Waals surface area contributed by atoms with E-state index in [0.29, 0.717) is 13.1 Å². The number of carbonyl (C=O) groups excluding carboxylic acids is 1. The van der Waals surface area contributed by atoms with Crippen LogP contribution in [0.2, 0.25) is 5.02 Å². The summed E-state index contributed by atoms with van der Waals surface area (Å²) in [4.78, 5) is 29.1. The van der Waals surface area contributed by atoms with E-state index in [-0.39, 0.29) is 17.7 Å². The molecule has 1 N–H and O–H groups in total. The number of carboxylic acid groups (broad SMARTS) is 1. The van der Waals surface area contributed by atoms with Gasteiger partial charge in [0.1, 0.15) is 0 Å². The molecule has 5 rings (SSSR count). The maximum atomic E-state index is 13.2. The van der Waals surface area contributed by atoms with Crippen LogP contribution in [0.3, 0.4) is 0 Å². The molecule has 2 fully saturated rings. The third kappa shape index (κ3) is 3.63. The van der Waals surface area contributed by atoms with Gasteiger partial charge in [-0.3, -0.25) is 14.5 Å². The number of halogens is 1. The maximum absolute atomic E-state index is 13.2. The third-order valence-electron chi connectivity index (χ3n) is 6.35. The minimum absolute atomic E-state index is 0.00274. The number of carboxylic acids is 1. The van der Waals surface area contributed by atoms with Crippen molar-refractivity contribution in [3.63, 3.8) is 0 Å². The number of benzene rings is 1. The molecular formula is C21H25ClN2O3. The van der Waals surface area contributed by atoms with Crippen molar-refractivity contribution in [3.05, 3.63) is 47.0 Å². The maximum Gasteiger partial charge on any atom is 0.307 e. The van der Waals surface area contributed by atoms with Crippen molar-refractivity contribution >= 4 is 23.5 Å². The molecule has 4 atom stereocenters. The Labute approximate surface area is 164 Å². The molecular weight excluding hydrogens is 364 g/mol. The Bertz CT molecular complexity index is 758. The molecule has 0 aromatic heterocycles. The van der Waals surface area contributed by atoms with E-state index in [1.54, 1.807) is 0 Å². The number of hydrogen-bond donors (Lipinski definition) is 1. The number of rotatable bonds is 4. The lowest BCUT2D eigenvalue weighted by molar-refractivity contribution is -0.157. The lowest BCUT2D eigenvalue weighted by atomic mass is 9.62. The van der Waals surface area contributed by atoms with Gasteiger partial charge in [0, 0.05) is 37.7 Å². The van der Waals surface area contributed by atoms with E-state index in [9.17, 15) is 14.7 Å². The molecule has 144 valence electrons. The number of piperazine rings is 1. The summed E-state index contributed by atoms with van der Waals surface area (Å²) in [6.07, 6.45) is 5.89. The van der Waals surface area contributed by atoms with Gasteiger partial charge >= 0.3 is 5.97 Å². The topological polar surface area (TPSA) is 60.9 Å². The van der Waals surface area contributed by atoms with E-state index >= 15 is 0 Å². The molecule has 1 saturated heterocycles. The minimum Gasteiger partial charge on any atom is -0.481 e. The second-order valence-electron chi connectivity index (χ2n) is 7.87. The van der Waals surface area contributed by atoms with Crippen LogP contribution in [0, 0.1) is 23.7 Å². The van der Waals surface area contributed by atoms with Gasteiger partial charge < -0.3 is 10.0 Å². The predicted octanol–water partition coefficient (Wildman–Crippen LogP) is 2.90. The molecule has 4 aliphatic rings. The smallest absolute Gasteiger partial charge is 0.307 e. The first-order chi connectivity index (χ1) is 13.0. The summed E-state index contributed by atoms with van der Waals surface area (Å²) in [7, 11) is 0. The Morgan fingerprint density at radius 3 is 2.22 bits per heavy atom. The molecule has 1 aromatic rings. The summed E-state index contributed by atoms with van der Waals surface area (Å²) in [5, 5.41) is 10.5. The fourth-order valence-electron chi connectivity index (χ4n) is 4.87. The van der Waals surface area contributed by atoms with Gasteiger partial charge in [0.15, 0.2) is 0 Å².